The zero-order valence-corrected chi connectivity index (χ0v) is 6.95. The molecule has 0 saturated heterocycles. The van der Waals surface area contributed by atoms with E-state index < -0.39 is 4.92 Å². The number of hydrogen-bond acceptors (Lipinski definition) is 4. The predicted molar refractivity (Wildman–Crippen MR) is 45.6 cm³/mol. The molecular formula is C6H3ClN4O2. The van der Waals surface area contributed by atoms with E-state index in [-0.39, 0.29) is 11.0 Å². The number of nitrogens with zero attached hydrogens (tertiary/aromatic N) is 3. The van der Waals surface area contributed by atoms with Crippen molar-refractivity contribution in [1.29, 1.82) is 0 Å². The number of aromatic amines is 1. The van der Waals surface area contributed by atoms with Crippen LogP contribution in [0.5, 0.6) is 0 Å². The SMILES string of the molecule is O=[N+]([O-])c1n[nH]c2cc(Cl)ncc12. The monoisotopic (exact) mass is 198 g/mol. The summed E-state index contributed by atoms with van der Waals surface area (Å²) < 4.78 is 0. The van der Waals surface area contributed by atoms with Crippen LogP contribution in [-0.2, 0) is 0 Å². The minimum Gasteiger partial charge on any atom is -0.358 e. The number of nitrogens with one attached hydrogen (secondary N) is 1. The Kier molecular flexibility index (Phi) is 1.63. The number of rotatable bonds is 1. The first kappa shape index (κ1) is 7.93. The van der Waals surface area contributed by atoms with Crippen LogP contribution in [0.25, 0.3) is 10.9 Å². The first-order chi connectivity index (χ1) is 6.18. The van der Waals surface area contributed by atoms with Crippen molar-refractivity contribution in [1.82, 2.24) is 15.2 Å². The predicted octanol–water partition coefficient (Wildman–Crippen LogP) is 1.52. The smallest absolute Gasteiger partial charge is 0.358 e. The van der Waals surface area contributed by atoms with Crippen molar-refractivity contribution >= 4 is 28.3 Å². The molecule has 0 amide bonds. The summed E-state index contributed by atoms with van der Waals surface area (Å²) in [5, 5.41) is 17.1. The van der Waals surface area contributed by atoms with Gasteiger partial charge in [0.2, 0.25) is 0 Å². The van der Waals surface area contributed by atoms with E-state index in [1.807, 2.05) is 0 Å². The van der Waals surface area contributed by atoms with Gasteiger partial charge >= 0.3 is 5.82 Å². The van der Waals surface area contributed by atoms with Crippen molar-refractivity contribution < 1.29 is 4.92 Å². The fraction of sp³-hybridized carbons (Fsp3) is 0. The molecule has 7 heteroatoms. The highest BCUT2D eigenvalue weighted by Gasteiger charge is 2.16. The Morgan fingerprint density at radius 3 is 3.08 bits per heavy atom. The van der Waals surface area contributed by atoms with Gasteiger partial charge in [0.15, 0.2) is 0 Å². The summed E-state index contributed by atoms with van der Waals surface area (Å²) in [6.45, 7) is 0. The zero-order valence-electron chi connectivity index (χ0n) is 6.19. The van der Waals surface area contributed by atoms with Crippen molar-refractivity contribution in [3.05, 3.63) is 27.5 Å². The third-order valence-electron chi connectivity index (χ3n) is 1.57. The van der Waals surface area contributed by atoms with Crippen molar-refractivity contribution in [2.24, 2.45) is 0 Å². The number of hydrogen-bond donors (Lipinski definition) is 1. The lowest BCUT2D eigenvalue weighted by molar-refractivity contribution is -0.387. The van der Waals surface area contributed by atoms with Crippen molar-refractivity contribution in [2.75, 3.05) is 0 Å². The molecule has 13 heavy (non-hydrogen) atoms. The van der Waals surface area contributed by atoms with Gasteiger partial charge in [0, 0.05) is 12.3 Å². The van der Waals surface area contributed by atoms with Crippen LogP contribution in [0.15, 0.2) is 12.3 Å². The lowest BCUT2D eigenvalue weighted by atomic mass is 10.3. The molecule has 0 unspecified atom stereocenters. The van der Waals surface area contributed by atoms with E-state index in [2.05, 4.69) is 15.2 Å². The lowest BCUT2D eigenvalue weighted by Gasteiger charge is -1.89. The van der Waals surface area contributed by atoms with Gasteiger partial charge in [-0.15, -0.1) is 0 Å². The van der Waals surface area contributed by atoms with Crippen LogP contribution >= 0.6 is 11.6 Å². The molecule has 0 radical (unpaired) electrons. The minimum absolute atomic E-state index is 0.237. The highest BCUT2D eigenvalue weighted by Crippen LogP contribution is 2.22. The normalized spacial score (nSPS) is 10.5. The Morgan fingerprint density at radius 2 is 2.38 bits per heavy atom. The molecule has 0 aliphatic heterocycles. The van der Waals surface area contributed by atoms with Gasteiger partial charge in [0.1, 0.15) is 10.5 Å². The summed E-state index contributed by atoms with van der Waals surface area (Å²) >= 11 is 5.58. The maximum Gasteiger partial charge on any atom is 0.399 e. The highest BCUT2D eigenvalue weighted by molar-refractivity contribution is 6.30. The average Bonchev–Trinajstić information content (AvgIpc) is 2.46. The molecule has 66 valence electrons. The van der Waals surface area contributed by atoms with Gasteiger partial charge in [-0.25, -0.2) is 4.98 Å². The van der Waals surface area contributed by atoms with E-state index in [9.17, 15) is 10.1 Å². The van der Waals surface area contributed by atoms with E-state index in [1.165, 1.54) is 12.3 Å². The molecule has 2 rings (SSSR count). The largest absolute Gasteiger partial charge is 0.399 e. The molecule has 2 heterocycles. The number of fused-ring (bicyclic) bond motifs is 1. The van der Waals surface area contributed by atoms with Crippen molar-refractivity contribution in [3.8, 4) is 0 Å². The first-order valence-electron chi connectivity index (χ1n) is 3.32. The minimum atomic E-state index is -0.575. The summed E-state index contributed by atoms with van der Waals surface area (Å²) in [6, 6.07) is 1.48. The molecule has 0 aliphatic rings. The van der Waals surface area contributed by atoms with Gasteiger partial charge in [-0.3, -0.25) is 0 Å². The average molecular weight is 199 g/mol. The quantitative estimate of drug-likeness (QED) is 0.428. The second kappa shape index (κ2) is 2.67. The molecule has 0 aliphatic carbocycles. The molecule has 1 N–H and O–H groups in total. The van der Waals surface area contributed by atoms with Crippen molar-refractivity contribution in [3.63, 3.8) is 0 Å². The van der Waals surface area contributed by atoms with E-state index in [0.717, 1.165) is 0 Å². The molecule has 6 nitrogen and oxygen atoms in total. The number of pyridine rings is 1. The summed E-state index contributed by atoms with van der Waals surface area (Å²) in [6.07, 6.45) is 1.32. The summed E-state index contributed by atoms with van der Waals surface area (Å²) in [5.41, 5.74) is 0.506. The zero-order chi connectivity index (χ0) is 9.42. The van der Waals surface area contributed by atoms with Crippen LogP contribution in [-0.4, -0.2) is 20.1 Å². The molecule has 0 aromatic carbocycles. The lowest BCUT2D eigenvalue weighted by Crippen LogP contribution is -1.88. The summed E-state index contributed by atoms with van der Waals surface area (Å²) in [5.74, 6) is -0.237. The first-order valence-corrected chi connectivity index (χ1v) is 3.70. The molecular weight excluding hydrogens is 196 g/mol. The molecule has 0 fully saturated rings. The van der Waals surface area contributed by atoms with Gasteiger partial charge < -0.3 is 10.1 Å². The number of halogens is 1. The van der Waals surface area contributed by atoms with Crippen LogP contribution in [0.1, 0.15) is 0 Å². The Morgan fingerprint density at radius 1 is 1.62 bits per heavy atom. The summed E-state index contributed by atoms with van der Waals surface area (Å²) in [7, 11) is 0. The number of aromatic nitrogens is 3. The molecule has 0 atom stereocenters. The van der Waals surface area contributed by atoms with E-state index in [1.54, 1.807) is 0 Å². The molecule has 2 aromatic heterocycles. The topological polar surface area (TPSA) is 84.7 Å². The third kappa shape index (κ3) is 1.20. The number of nitro groups is 1. The second-order valence-electron chi connectivity index (χ2n) is 2.36. The number of H-pyrrole nitrogens is 1. The van der Waals surface area contributed by atoms with Crippen molar-refractivity contribution in [2.45, 2.75) is 0 Å². The molecule has 0 bridgehead atoms. The van der Waals surface area contributed by atoms with E-state index >= 15 is 0 Å². The Balaban J connectivity index is 2.76. The third-order valence-corrected chi connectivity index (χ3v) is 1.77. The maximum absolute atomic E-state index is 10.4. The molecule has 0 saturated carbocycles. The van der Waals surface area contributed by atoms with Gasteiger partial charge in [0.05, 0.1) is 10.6 Å². The van der Waals surface area contributed by atoms with Crippen LogP contribution in [0.4, 0.5) is 5.82 Å². The van der Waals surface area contributed by atoms with Crippen LogP contribution in [0.2, 0.25) is 5.15 Å². The van der Waals surface area contributed by atoms with Crippen LogP contribution < -0.4 is 0 Å². The van der Waals surface area contributed by atoms with E-state index in [0.29, 0.717) is 10.9 Å². The summed E-state index contributed by atoms with van der Waals surface area (Å²) in [4.78, 5) is 13.6. The Hall–Kier alpha value is -1.69. The van der Waals surface area contributed by atoms with Gasteiger partial charge in [-0.1, -0.05) is 11.6 Å². The van der Waals surface area contributed by atoms with Gasteiger partial charge in [-0.2, -0.15) is 5.10 Å². The molecule has 0 spiro atoms. The van der Waals surface area contributed by atoms with Gasteiger partial charge in [0.25, 0.3) is 0 Å². The van der Waals surface area contributed by atoms with Gasteiger partial charge in [-0.05, 0) is 4.92 Å². The second-order valence-corrected chi connectivity index (χ2v) is 2.74. The fourth-order valence-electron chi connectivity index (χ4n) is 1.01. The van der Waals surface area contributed by atoms with Crippen LogP contribution in [0.3, 0.4) is 0 Å². The fourth-order valence-corrected chi connectivity index (χ4v) is 1.17. The maximum atomic E-state index is 10.4. The Bertz CT molecular complexity index is 480. The standard InChI is InChI=1S/C6H3ClN4O2/c7-5-1-4-3(2-8-5)6(10-9-4)11(12)13/h1-2H,(H,9,10). The van der Waals surface area contributed by atoms with E-state index in [4.69, 9.17) is 11.6 Å². The highest BCUT2D eigenvalue weighted by atomic mass is 35.5. The Labute approximate surface area is 76.7 Å². The van der Waals surface area contributed by atoms with Crippen LogP contribution in [0, 0.1) is 10.1 Å². The molecule has 2 aromatic rings.